The van der Waals surface area contributed by atoms with E-state index in [0.717, 1.165) is 5.01 Å². The highest BCUT2D eigenvalue weighted by Gasteiger charge is 2.34. The van der Waals surface area contributed by atoms with Gasteiger partial charge in [0.25, 0.3) is 11.5 Å². The van der Waals surface area contributed by atoms with Gasteiger partial charge < -0.3 is 5.11 Å². The minimum Gasteiger partial charge on any atom is -0.476 e. The second-order valence-electron chi connectivity index (χ2n) is 6.90. The SMILES string of the molecule is O=C(O)C1=NN(c2ccccc2)C(=O)/C1=C/C=C/c1c(COO)[nH]n(-c2ccccc2)c1=O. The van der Waals surface area contributed by atoms with Crippen LogP contribution in [0.2, 0.25) is 0 Å². The lowest BCUT2D eigenvalue weighted by Gasteiger charge is -2.10. The Morgan fingerprint density at radius 2 is 1.67 bits per heavy atom. The Hall–Kier alpha value is -4.54. The third-order valence-corrected chi connectivity index (χ3v) is 4.84. The molecular formula is C23H18N4O6. The highest BCUT2D eigenvalue weighted by atomic mass is 17.1. The topological polar surface area (TPSA) is 137 Å². The van der Waals surface area contributed by atoms with E-state index in [1.165, 1.54) is 22.9 Å². The number of rotatable bonds is 7. The average Bonchev–Trinajstić information content (AvgIpc) is 3.32. The Bertz CT molecular complexity index is 1340. The Morgan fingerprint density at radius 1 is 1.03 bits per heavy atom. The van der Waals surface area contributed by atoms with Crippen molar-refractivity contribution in [2.24, 2.45) is 5.10 Å². The van der Waals surface area contributed by atoms with E-state index in [0.29, 0.717) is 11.4 Å². The van der Waals surface area contributed by atoms with Crippen LogP contribution in [0.15, 0.2) is 88.3 Å². The number of hydrogen-bond donors (Lipinski definition) is 3. The number of H-pyrrole nitrogens is 1. The number of aromatic nitrogens is 2. The molecule has 0 radical (unpaired) electrons. The number of carboxylic acid groups (broad SMARTS) is 1. The van der Waals surface area contributed by atoms with Gasteiger partial charge in [0.1, 0.15) is 6.61 Å². The predicted molar refractivity (Wildman–Crippen MR) is 120 cm³/mol. The number of amides is 1. The van der Waals surface area contributed by atoms with Crippen molar-refractivity contribution in [3.8, 4) is 5.69 Å². The summed E-state index contributed by atoms with van der Waals surface area (Å²) >= 11 is 0. The second kappa shape index (κ2) is 9.30. The van der Waals surface area contributed by atoms with Gasteiger partial charge in [-0.1, -0.05) is 42.5 Å². The van der Waals surface area contributed by atoms with Crippen LogP contribution in [0.5, 0.6) is 0 Å². The molecule has 33 heavy (non-hydrogen) atoms. The van der Waals surface area contributed by atoms with Crippen molar-refractivity contribution in [2.75, 3.05) is 5.01 Å². The maximum absolute atomic E-state index is 12.9. The van der Waals surface area contributed by atoms with Gasteiger partial charge in [0.2, 0.25) is 0 Å². The van der Waals surface area contributed by atoms with Crippen LogP contribution >= 0.6 is 0 Å². The molecule has 2 aromatic carbocycles. The zero-order chi connectivity index (χ0) is 23.4. The molecule has 0 bridgehead atoms. The molecule has 10 heteroatoms. The highest BCUT2D eigenvalue weighted by molar-refractivity contribution is 6.52. The van der Waals surface area contributed by atoms with Crippen LogP contribution in [0.4, 0.5) is 5.69 Å². The molecule has 4 rings (SSSR count). The van der Waals surface area contributed by atoms with E-state index in [2.05, 4.69) is 15.1 Å². The van der Waals surface area contributed by atoms with Crippen LogP contribution in [0, 0.1) is 0 Å². The number of nitrogens with one attached hydrogen (secondary N) is 1. The van der Waals surface area contributed by atoms with E-state index in [9.17, 15) is 19.5 Å². The molecular weight excluding hydrogens is 428 g/mol. The molecule has 1 aliphatic heterocycles. The van der Waals surface area contributed by atoms with E-state index in [4.69, 9.17) is 5.26 Å². The summed E-state index contributed by atoms with van der Waals surface area (Å²) in [6.45, 7) is -0.284. The number of allylic oxidation sites excluding steroid dienone is 2. The summed E-state index contributed by atoms with van der Waals surface area (Å²) in [7, 11) is 0. The molecule has 3 aromatic rings. The van der Waals surface area contributed by atoms with Crippen molar-refractivity contribution in [1.82, 2.24) is 9.78 Å². The number of aliphatic carboxylic acids is 1. The van der Waals surface area contributed by atoms with Crippen LogP contribution in [-0.4, -0.2) is 37.7 Å². The number of para-hydroxylation sites is 2. The summed E-state index contributed by atoms with van der Waals surface area (Å²) in [5.74, 6) is -1.97. The third kappa shape index (κ3) is 4.28. The van der Waals surface area contributed by atoms with Crippen molar-refractivity contribution < 1.29 is 24.8 Å². The quantitative estimate of drug-likeness (QED) is 0.290. The molecule has 3 N–H and O–H groups in total. The lowest BCUT2D eigenvalue weighted by molar-refractivity contribution is -0.253. The van der Waals surface area contributed by atoms with Crippen LogP contribution < -0.4 is 10.6 Å². The predicted octanol–water partition coefficient (Wildman–Crippen LogP) is 2.58. The molecule has 0 fully saturated rings. The van der Waals surface area contributed by atoms with E-state index in [1.54, 1.807) is 60.7 Å². The minimum absolute atomic E-state index is 0.138. The summed E-state index contributed by atoms with van der Waals surface area (Å²) in [5, 5.41) is 26.2. The third-order valence-electron chi connectivity index (χ3n) is 4.84. The number of benzene rings is 2. The molecule has 2 heterocycles. The molecule has 1 aromatic heterocycles. The highest BCUT2D eigenvalue weighted by Crippen LogP contribution is 2.23. The molecule has 0 aliphatic carbocycles. The van der Waals surface area contributed by atoms with Crippen molar-refractivity contribution in [2.45, 2.75) is 6.61 Å². The number of carbonyl (C=O) groups excluding carboxylic acids is 1. The number of anilines is 1. The van der Waals surface area contributed by atoms with Crippen molar-refractivity contribution in [3.63, 3.8) is 0 Å². The molecule has 1 amide bonds. The molecule has 0 spiro atoms. The average molecular weight is 446 g/mol. The van der Waals surface area contributed by atoms with Gasteiger partial charge in [-0.05, 0) is 36.4 Å². The summed E-state index contributed by atoms with van der Waals surface area (Å²) in [6.07, 6.45) is 4.06. The van der Waals surface area contributed by atoms with E-state index in [-0.39, 0.29) is 23.4 Å². The Morgan fingerprint density at radius 3 is 2.27 bits per heavy atom. The zero-order valence-corrected chi connectivity index (χ0v) is 17.1. The van der Waals surface area contributed by atoms with Gasteiger partial charge in [-0.15, -0.1) is 0 Å². The van der Waals surface area contributed by atoms with Crippen molar-refractivity contribution in [1.29, 1.82) is 0 Å². The first-order chi connectivity index (χ1) is 16.0. The Kier molecular flexibility index (Phi) is 6.11. The first-order valence-corrected chi connectivity index (χ1v) is 9.77. The molecule has 166 valence electrons. The Labute approximate surface area is 186 Å². The van der Waals surface area contributed by atoms with Crippen LogP contribution in [0.3, 0.4) is 0 Å². The zero-order valence-electron chi connectivity index (χ0n) is 17.1. The summed E-state index contributed by atoms with van der Waals surface area (Å²) in [6, 6.07) is 17.2. The number of hydrogen-bond acceptors (Lipinski definition) is 6. The second-order valence-corrected chi connectivity index (χ2v) is 6.90. The van der Waals surface area contributed by atoms with E-state index in [1.807, 2.05) is 0 Å². The van der Waals surface area contributed by atoms with E-state index < -0.39 is 23.1 Å². The van der Waals surface area contributed by atoms with Crippen molar-refractivity contribution in [3.05, 3.63) is 100.0 Å². The number of aromatic amines is 1. The number of carbonyl (C=O) groups is 2. The van der Waals surface area contributed by atoms with Crippen LogP contribution in [0.1, 0.15) is 11.3 Å². The molecule has 0 unspecified atom stereocenters. The van der Waals surface area contributed by atoms with Gasteiger partial charge >= 0.3 is 5.97 Å². The van der Waals surface area contributed by atoms with Gasteiger partial charge in [0.15, 0.2) is 5.71 Å². The van der Waals surface area contributed by atoms with Gasteiger partial charge in [0.05, 0.1) is 28.2 Å². The first kappa shape index (κ1) is 21.7. The molecule has 0 saturated heterocycles. The molecule has 0 saturated carbocycles. The number of hydrazone groups is 1. The smallest absolute Gasteiger partial charge is 0.357 e. The summed E-state index contributed by atoms with van der Waals surface area (Å²) < 4.78 is 1.28. The van der Waals surface area contributed by atoms with Crippen LogP contribution in [0.25, 0.3) is 11.8 Å². The largest absolute Gasteiger partial charge is 0.476 e. The normalized spacial score (nSPS) is 14.9. The first-order valence-electron chi connectivity index (χ1n) is 9.77. The fourth-order valence-electron chi connectivity index (χ4n) is 3.31. The number of carboxylic acids is 1. The summed E-state index contributed by atoms with van der Waals surface area (Å²) in [4.78, 5) is 41.5. The molecule has 10 nitrogen and oxygen atoms in total. The van der Waals surface area contributed by atoms with Crippen LogP contribution in [-0.2, 0) is 21.1 Å². The van der Waals surface area contributed by atoms with Gasteiger partial charge in [-0.3, -0.25) is 19.9 Å². The lowest BCUT2D eigenvalue weighted by atomic mass is 10.1. The lowest BCUT2D eigenvalue weighted by Crippen LogP contribution is -2.22. The maximum atomic E-state index is 12.9. The van der Waals surface area contributed by atoms with Crippen molar-refractivity contribution >= 4 is 29.4 Å². The summed E-state index contributed by atoms with van der Waals surface area (Å²) in [5.41, 5.74) is 0.487. The maximum Gasteiger partial charge on any atom is 0.357 e. The van der Waals surface area contributed by atoms with Gasteiger partial charge in [-0.2, -0.15) is 10.1 Å². The Balaban J connectivity index is 1.69. The number of nitrogens with zero attached hydrogens (tertiary/aromatic N) is 3. The minimum atomic E-state index is -1.36. The molecule has 1 aliphatic rings. The standard InChI is InChI=1S/C23H18N4O6/c28-21-17(19(14-33-32)24-26(21)15-8-3-1-4-9-15)12-7-13-18-20(23(30)31)25-27(22(18)29)16-10-5-2-6-11-16/h1-13,24,32H,14H2,(H,30,31)/b12-7+,18-13+. The van der Waals surface area contributed by atoms with Gasteiger partial charge in [-0.25, -0.2) is 14.4 Å². The van der Waals surface area contributed by atoms with Gasteiger partial charge in [0, 0.05) is 0 Å². The van der Waals surface area contributed by atoms with E-state index >= 15 is 0 Å². The molecule has 0 atom stereocenters. The fraction of sp³-hybridized carbons (Fsp3) is 0.0435. The fourth-order valence-corrected chi connectivity index (χ4v) is 3.31. The monoisotopic (exact) mass is 446 g/mol.